The quantitative estimate of drug-likeness (QED) is 0.579. The number of cyclic esters (lactones) is 1. The summed E-state index contributed by atoms with van der Waals surface area (Å²) in [5, 5.41) is 2.82. The third-order valence-corrected chi connectivity index (χ3v) is 4.99. The Hall–Kier alpha value is -3.82. The summed E-state index contributed by atoms with van der Waals surface area (Å²) in [7, 11) is 0. The van der Waals surface area contributed by atoms with Crippen molar-refractivity contribution in [2.45, 2.75) is 6.18 Å². The molecule has 1 fully saturated rings. The molecular formula is C22H19F3N4O3. The van der Waals surface area contributed by atoms with Crippen LogP contribution in [0.25, 0.3) is 0 Å². The molecule has 0 atom stereocenters. The molecule has 7 nitrogen and oxygen atoms in total. The first-order valence-corrected chi connectivity index (χ1v) is 9.85. The molecule has 0 aliphatic carbocycles. The third kappa shape index (κ3) is 4.90. The average molecular weight is 444 g/mol. The average Bonchev–Trinajstić information content (AvgIpc) is 3.14. The van der Waals surface area contributed by atoms with Gasteiger partial charge < -0.3 is 19.9 Å². The molecule has 2 aliphatic rings. The van der Waals surface area contributed by atoms with Crippen molar-refractivity contribution < 1.29 is 27.5 Å². The van der Waals surface area contributed by atoms with Crippen LogP contribution in [0.2, 0.25) is 0 Å². The van der Waals surface area contributed by atoms with Crippen molar-refractivity contribution in [3.05, 3.63) is 77.6 Å². The van der Waals surface area contributed by atoms with Crippen LogP contribution in [0.15, 0.2) is 71.5 Å². The number of carbonyl (C=O) groups excluding carboxylic acids is 2. The lowest BCUT2D eigenvalue weighted by Crippen LogP contribution is -2.48. The highest BCUT2D eigenvalue weighted by atomic mass is 19.4. The lowest BCUT2D eigenvalue weighted by Gasteiger charge is -2.34. The van der Waals surface area contributed by atoms with E-state index in [2.05, 4.69) is 10.3 Å². The Morgan fingerprint density at radius 2 is 1.75 bits per heavy atom. The van der Waals surface area contributed by atoms with E-state index in [1.165, 1.54) is 18.3 Å². The smallest absolute Gasteiger partial charge is 0.402 e. The van der Waals surface area contributed by atoms with E-state index >= 15 is 0 Å². The first-order valence-electron chi connectivity index (χ1n) is 9.85. The Morgan fingerprint density at radius 3 is 2.44 bits per heavy atom. The number of benzene rings is 2. The summed E-state index contributed by atoms with van der Waals surface area (Å²) in [6, 6.07) is 13.3. The number of anilines is 1. The van der Waals surface area contributed by atoms with Gasteiger partial charge in [0.2, 0.25) is 5.90 Å². The Morgan fingerprint density at radius 1 is 1.03 bits per heavy atom. The second-order valence-corrected chi connectivity index (χ2v) is 7.22. The van der Waals surface area contributed by atoms with Crippen LogP contribution in [0.1, 0.15) is 11.1 Å². The van der Waals surface area contributed by atoms with Crippen LogP contribution in [0.4, 0.5) is 23.7 Å². The Labute approximate surface area is 181 Å². The number of para-hydroxylation sites is 1. The number of carbonyl (C=O) groups is 2. The standard InChI is InChI=1S/C22H19F3N4O3/c23-22(24,25)16-6-4-5-15(13-16)19-27-18(20(30)32-19)14-28-9-11-29(12-10-28)21(31)26-17-7-2-1-3-8-17/h1-8,13-14H,9-12H2,(H,26,31). The maximum Gasteiger partial charge on any atom is 0.416 e. The second-order valence-electron chi connectivity index (χ2n) is 7.22. The molecule has 2 amide bonds. The zero-order valence-electron chi connectivity index (χ0n) is 16.8. The Balaban J connectivity index is 1.39. The van der Waals surface area contributed by atoms with Crippen LogP contribution in [-0.4, -0.2) is 53.9 Å². The first kappa shape index (κ1) is 21.4. The van der Waals surface area contributed by atoms with Gasteiger partial charge in [0.25, 0.3) is 0 Å². The van der Waals surface area contributed by atoms with Crippen molar-refractivity contribution in [2.24, 2.45) is 4.99 Å². The number of nitrogens with zero attached hydrogens (tertiary/aromatic N) is 3. The van der Waals surface area contributed by atoms with E-state index in [0.29, 0.717) is 31.9 Å². The summed E-state index contributed by atoms with van der Waals surface area (Å²) in [6.45, 7) is 1.80. The van der Waals surface area contributed by atoms with Crippen LogP contribution in [-0.2, 0) is 15.7 Å². The van der Waals surface area contributed by atoms with Gasteiger partial charge in [-0.15, -0.1) is 0 Å². The van der Waals surface area contributed by atoms with Crippen molar-refractivity contribution in [1.29, 1.82) is 0 Å². The molecular weight excluding hydrogens is 425 g/mol. The number of rotatable bonds is 3. The lowest BCUT2D eigenvalue weighted by atomic mass is 10.1. The fraction of sp³-hybridized carbons (Fsp3) is 0.227. The van der Waals surface area contributed by atoms with Crippen molar-refractivity contribution in [3.63, 3.8) is 0 Å². The third-order valence-electron chi connectivity index (χ3n) is 4.99. The summed E-state index contributed by atoms with van der Waals surface area (Å²) < 4.78 is 43.9. The molecule has 0 bridgehead atoms. The van der Waals surface area contributed by atoms with Gasteiger partial charge in [0.15, 0.2) is 5.70 Å². The summed E-state index contributed by atoms with van der Waals surface area (Å²) >= 11 is 0. The highest BCUT2D eigenvalue weighted by Gasteiger charge is 2.32. The largest absolute Gasteiger partial charge is 0.416 e. The molecule has 4 rings (SSSR count). The van der Waals surface area contributed by atoms with Gasteiger partial charge >= 0.3 is 18.2 Å². The van der Waals surface area contributed by atoms with Crippen LogP contribution >= 0.6 is 0 Å². The first-order chi connectivity index (χ1) is 15.3. The fourth-order valence-corrected chi connectivity index (χ4v) is 3.30. The van der Waals surface area contributed by atoms with E-state index in [9.17, 15) is 22.8 Å². The molecule has 0 saturated carbocycles. The maximum atomic E-state index is 12.9. The maximum absolute atomic E-state index is 12.9. The van der Waals surface area contributed by atoms with Crippen LogP contribution in [0.3, 0.4) is 0 Å². The number of nitrogens with one attached hydrogen (secondary N) is 1. The zero-order valence-corrected chi connectivity index (χ0v) is 16.8. The van der Waals surface area contributed by atoms with Crippen molar-refractivity contribution in [2.75, 3.05) is 31.5 Å². The van der Waals surface area contributed by atoms with Crippen LogP contribution in [0.5, 0.6) is 0 Å². The number of ether oxygens (including phenoxy) is 1. The number of alkyl halides is 3. The predicted octanol–water partition coefficient (Wildman–Crippen LogP) is 3.70. The van der Waals surface area contributed by atoms with Crippen molar-refractivity contribution >= 4 is 23.6 Å². The van der Waals surface area contributed by atoms with Gasteiger partial charge in [0.1, 0.15) is 0 Å². The molecule has 1 N–H and O–H groups in total. The number of hydrogen-bond acceptors (Lipinski definition) is 5. The minimum atomic E-state index is -4.51. The fourth-order valence-electron chi connectivity index (χ4n) is 3.30. The van der Waals surface area contributed by atoms with E-state index < -0.39 is 17.7 Å². The van der Waals surface area contributed by atoms with E-state index in [4.69, 9.17) is 4.74 Å². The minimum absolute atomic E-state index is 0.000371. The van der Waals surface area contributed by atoms with Gasteiger partial charge in [-0.05, 0) is 30.3 Å². The predicted molar refractivity (Wildman–Crippen MR) is 111 cm³/mol. The summed E-state index contributed by atoms with van der Waals surface area (Å²) in [4.78, 5) is 32.1. The molecule has 2 heterocycles. The number of urea groups is 1. The number of halogens is 3. The summed E-state index contributed by atoms with van der Waals surface area (Å²) in [5.41, 5.74) is -0.0816. The van der Waals surface area contributed by atoms with Gasteiger partial charge in [0.05, 0.1) is 5.56 Å². The number of piperazine rings is 1. The number of hydrogen-bond donors (Lipinski definition) is 1. The van der Waals surface area contributed by atoms with Gasteiger partial charge in [0, 0.05) is 43.6 Å². The van der Waals surface area contributed by atoms with Gasteiger partial charge in [-0.2, -0.15) is 13.2 Å². The molecule has 0 unspecified atom stereocenters. The van der Waals surface area contributed by atoms with E-state index in [1.807, 2.05) is 23.1 Å². The Kier molecular flexibility index (Phi) is 5.85. The highest BCUT2D eigenvalue weighted by Crippen LogP contribution is 2.30. The molecule has 1 saturated heterocycles. The number of esters is 1. The topological polar surface area (TPSA) is 74.2 Å². The molecule has 166 valence electrons. The van der Waals surface area contributed by atoms with E-state index in [-0.39, 0.29) is 23.2 Å². The summed E-state index contributed by atoms with van der Waals surface area (Å²) in [6.07, 6.45) is -3.00. The molecule has 32 heavy (non-hydrogen) atoms. The SMILES string of the molecule is O=C1OC(c2cccc(C(F)(F)F)c2)=NC1=CN1CCN(C(=O)Nc2ccccc2)CC1. The molecule has 0 radical (unpaired) electrons. The van der Waals surface area contributed by atoms with Crippen molar-refractivity contribution in [1.82, 2.24) is 9.80 Å². The van der Waals surface area contributed by atoms with Crippen LogP contribution in [0, 0.1) is 0 Å². The molecule has 0 aromatic heterocycles. The Bertz CT molecular complexity index is 1080. The number of amides is 2. The molecule has 0 spiro atoms. The number of aliphatic imine (C=N–C) groups is 1. The second kappa shape index (κ2) is 8.74. The monoisotopic (exact) mass is 444 g/mol. The minimum Gasteiger partial charge on any atom is -0.402 e. The molecule has 2 aliphatic heterocycles. The lowest BCUT2D eigenvalue weighted by molar-refractivity contribution is -0.137. The van der Waals surface area contributed by atoms with Gasteiger partial charge in [-0.1, -0.05) is 24.3 Å². The molecule has 2 aromatic rings. The molecule has 10 heteroatoms. The summed E-state index contributed by atoms with van der Waals surface area (Å²) in [5.74, 6) is -0.908. The van der Waals surface area contributed by atoms with Gasteiger partial charge in [-0.25, -0.2) is 14.6 Å². The normalized spacial score (nSPS) is 17.9. The zero-order chi connectivity index (χ0) is 22.7. The van der Waals surface area contributed by atoms with Gasteiger partial charge in [-0.3, -0.25) is 0 Å². The van der Waals surface area contributed by atoms with Crippen LogP contribution < -0.4 is 5.32 Å². The van der Waals surface area contributed by atoms with Crippen molar-refractivity contribution in [3.8, 4) is 0 Å². The highest BCUT2D eigenvalue weighted by molar-refractivity contribution is 6.11. The molecule has 2 aromatic carbocycles. The van der Waals surface area contributed by atoms with E-state index in [0.717, 1.165) is 12.1 Å². The van der Waals surface area contributed by atoms with E-state index in [1.54, 1.807) is 17.0 Å².